The van der Waals surface area contributed by atoms with Gasteiger partial charge in [-0.2, -0.15) is 0 Å². The van der Waals surface area contributed by atoms with Crippen LogP contribution in [0.1, 0.15) is 18.9 Å². The Labute approximate surface area is 158 Å². The molecule has 1 N–H and O–H groups in total. The number of aromatic nitrogens is 1. The summed E-state index contributed by atoms with van der Waals surface area (Å²) in [4.78, 5) is 26.5. The average molecular weight is 375 g/mol. The minimum Gasteiger partial charge on any atom is -0.497 e. The van der Waals surface area contributed by atoms with Crippen LogP contribution in [-0.2, 0) is 20.7 Å². The lowest BCUT2D eigenvalue weighted by atomic mass is 10.1. The molecule has 2 rings (SSSR count). The number of methoxy groups -OCH3 is 1. The molecule has 0 spiro atoms. The van der Waals surface area contributed by atoms with Gasteiger partial charge < -0.3 is 24.2 Å². The fraction of sp³-hybridized carbons (Fsp3) is 0.421. The van der Waals surface area contributed by atoms with Crippen molar-refractivity contribution in [1.29, 1.82) is 0 Å². The maximum absolute atomic E-state index is 12.7. The Morgan fingerprint density at radius 1 is 1.22 bits per heavy atom. The fourth-order valence-corrected chi connectivity index (χ4v) is 2.46. The molecule has 0 unspecified atom stereocenters. The number of benzene rings is 1. The molecule has 146 valence electrons. The highest BCUT2D eigenvalue weighted by atomic mass is 16.5. The van der Waals surface area contributed by atoms with E-state index in [9.17, 15) is 9.59 Å². The Balaban J connectivity index is 1.95. The van der Waals surface area contributed by atoms with Crippen LogP contribution >= 0.6 is 0 Å². The van der Waals surface area contributed by atoms with E-state index in [4.69, 9.17) is 9.47 Å². The normalized spacial score (nSPS) is 10.4. The van der Waals surface area contributed by atoms with E-state index < -0.39 is 0 Å². The third-order valence-corrected chi connectivity index (χ3v) is 3.83. The third kappa shape index (κ3) is 7.10. The van der Waals surface area contributed by atoms with E-state index in [0.29, 0.717) is 32.0 Å². The zero-order chi connectivity index (χ0) is 19.5. The van der Waals surface area contributed by atoms with Gasteiger partial charge in [0.15, 0.2) is 5.82 Å². The molecule has 8 heteroatoms. The molecule has 0 saturated heterocycles. The van der Waals surface area contributed by atoms with E-state index in [1.54, 1.807) is 19.2 Å². The SMILES string of the molecule is CCOCCCN(CC(=O)Nc1ccon1)C(=O)Cc1ccc(OC)cc1. The summed E-state index contributed by atoms with van der Waals surface area (Å²) in [6.45, 7) is 3.44. The number of ether oxygens (including phenoxy) is 2. The number of carbonyl (C=O) groups is 2. The number of hydrogen-bond donors (Lipinski definition) is 1. The molecule has 0 saturated carbocycles. The number of carbonyl (C=O) groups excluding carboxylic acids is 2. The average Bonchev–Trinajstić information content (AvgIpc) is 3.17. The number of hydrogen-bond acceptors (Lipinski definition) is 6. The van der Waals surface area contributed by atoms with Crippen molar-refractivity contribution in [2.75, 3.05) is 38.7 Å². The van der Waals surface area contributed by atoms with Gasteiger partial charge in [-0.25, -0.2) is 0 Å². The van der Waals surface area contributed by atoms with Crippen molar-refractivity contribution < 1.29 is 23.6 Å². The van der Waals surface area contributed by atoms with Crippen molar-refractivity contribution in [2.45, 2.75) is 19.8 Å². The zero-order valence-corrected chi connectivity index (χ0v) is 15.6. The summed E-state index contributed by atoms with van der Waals surface area (Å²) >= 11 is 0. The first-order valence-corrected chi connectivity index (χ1v) is 8.81. The molecule has 0 atom stereocenters. The minimum atomic E-state index is -0.330. The highest BCUT2D eigenvalue weighted by molar-refractivity contribution is 5.94. The van der Waals surface area contributed by atoms with Gasteiger partial charge >= 0.3 is 0 Å². The van der Waals surface area contributed by atoms with E-state index >= 15 is 0 Å². The van der Waals surface area contributed by atoms with E-state index in [0.717, 1.165) is 11.3 Å². The predicted molar refractivity (Wildman–Crippen MR) is 99.5 cm³/mol. The Hall–Kier alpha value is -2.87. The Morgan fingerprint density at radius 2 is 2.00 bits per heavy atom. The lowest BCUT2D eigenvalue weighted by molar-refractivity contribution is -0.134. The van der Waals surface area contributed by atoms with Crippen molar-refractivity contribution in [3.05, 3.63) is 42.2 Å². The summed E-state index contributed by atoms with van der Waals surface area (Å²) in [5.74, 6) is 0.582. The van der Waals surface area contributed by atoms with E-state index in [2.05, 4.69) is 15.0 Å². The van der Waals surface area contributed by atoms with Gasteiger partial charge in [-0.3, -0.25) is 9.59 Å². The van der Waals surface area contributed by atoms with Crippen molar-refractivity contribution in [2.24, 2.45) is 0 Å². The molecule has 0 aliphatic carbocycles. The predicted octanol–water partition coefficient (Wildman–Crippen LogP) is 2.12. The number of nitrogens with one attached hydrogen (secondary N) is 1. The highest BCUT2D eigenvalue weighted by Crippen LogP contribution is 2.13. The molecule has 0 aliphatic heterocycles. The molecule has 2 aromatic rings. The summed E-state index contributed by atoms with van der Waals surface area (Å²) in [6, 6.07) is 8.82. The summed E-state index contributed by atoms with van der Waals surface area (Å²) in [5.41, 5.74) is 0.854. The van der Waals surface area contributed by atoms with Crippen LogP contribution in [0.2, 0.25) is 0 Å². The van der Waals surface area contributed by atoms with E-state index in [1.165, 1.54) is 17.2 Å². The van der Waals surface area contributed by atoms with Gasteiger partial charge in [0.25, 0.3) is 0 Å². The summed E-state index contributed by atoms with van der Waals surface area (Å²) in [7, 11) is 1.59. The monoisotopic (exact) mass is 375 g/mol. The fourth-order valence-electron chi connectivity index (χ4n) is 2.46. The van der Waals surface area contributed by atoms with Crippen LogP contribution in [0.25, 0.3) is 0 Å². The van der Waals surface area contributed by atoms with Crippen LogP contribution in [0.15, 0.2) is 41.1 Å². The van der Waals surface area contributed by atoms with Gasteiger partial charge in [0, 0.05) is 25.8 Å². The second kappa shape index (κ2) is 11.0. The van der Waals surface area contributed by atoms with E-state index in [-0.39, 0.29) is 24.8 Å². The third-order valence-electron chi connectivity index (χ3n) is 3.83. The molecule has 0 fully saturated rings. The standard InChI is InChI=1S/C19H25N3O5/c1-3-26-11-4-10-22(14-18(23)20-17-9-12-27-21-17)19(24)13-15-5-7-16(25-2)8-6-15/h5-9,12H,3-4,10-11,13-14H2,1-2H3,(H,20,21,23). The highest BCUT2D eigenvalue weighted by Gasteiger charge is 2.18. The van der Waals surface area contributed by atoms with Gasteiger partial charge in [-0.15, -0.1) is 0 Å². The van der Waals surface area contributed by atoms with Crippen molar-refractivity contribution in [3.8, 4) is 5.75 Å². The van der Waals surface area contributed by atoms with E-state index in [1.807, 2.05) is 19.1 Å². The van der Waals surface area contributed by atoms with Crippen LogP contribution in [0, 0.1) is 0 Å². The van der Waals surface area contributed by atoms with Crippen LogP contribution in [0.5, 0.6) is 5.75 Å². The summed E-state index contributed by atoms with van der Waals surface area (Å²) in [5, 5.41) is 6.24. The molecular formula is C19H25N3O5. The van der Waals surface area contributed by atoms with Crippen LogP contribution < -0.4 is 10.1 Å². The molecule has 2 amide bonds. The molecule has 8 nitrogen and oxygen atoms in total. The lowest BCUT2D eigenvalue weighted by Crippen LogP contribution is -2.39. The maximum atomic E-state index is 12.7. The second-order valence-corrected chi connectivity index (χ2v) is 5.82. The van der Waals surface area contributed by atoms with Gasteiger partial charge in [-0.05, 0) is 31.0 Å². The second-order valence-electron chi connectivity index (χ2n) is 5.82. The number of amides is 2. The van der Waals surface area contributed by atoms with Gasteiger partial charge in [0.1, 0.15) is 12.0 Å². The van der Waals surface area contributed by atoms with Gasteiger partial charge in [-0.1, -0.05) is 17.3 Å². The van der Waals surface area contributed by atoms with Gasteiger partial charge in [0.2, 0.25) is 11.8 Å². The largest absolute Gasteiger partial charge is 0.497 e. The Bertz CT molecular complexity index is 701. The maximum Gasteiger partial charge on any atom is 0.245 e. The summed E-state index contributed by atoms with van der Waals surface area (Å²) < 4.78 is 15.1. The van der Waals surface area contributed by atoms with Crippen molar-refractivity contribution in [1.82, 2.24) is 10.1 Å². The smallest absolute Gasteiger partial charge is 0.245 e. The molecular weight excluding hydrogens is 350 g/mol. The quantitative estimate of drug-likeness (QED) is 0.605. The van der Waals surface area contributed by atoms with Crippen molar-refractivity contribution in [3.63, 3.8) is 0 Å². The van der Waals surface area contributed by atoms with Crippen LogP contribution in [0.4, 0.5) is 5.82 Å². The molecule has 0 bridgehead atoms. The molecule has 0 radical (unpaired) electrons. The Kier molecular flexibility index (Phi) is 8.31. The molecule has 1 aromatic carbocycles. The zero-order valence-electron chi connectivity index (χ0n) is 15.6. The molecule has 0 aliphatic rings. The minimum absolute atomic E-state index is 0.0615. The lowest BCUT2D eigenvalue weighted by Gasteiger charge is -2.22. The molecule has 1 aromatic heterocycles. The number of rotatable bonds is 11. The first kappa shape index (κ1) is 20.4. The Morgan fingerprint density at radius 3 is 2.63 bits per heavy atom. The first-order valence-electron chi connectivity index (χ1n) is 8.81. The molecule has 27 heavy (non-hydrogen) atoms. The first-order chi connectivity index (χ1) is 13.1. The van der Waals surface area contributed by atoms with Crippen molar-refractivity contribution >= 4 is 17.6 Å². The van der Waals surface area contributed by atoms with Crippen LogP contribution in [0.3, 0.4) is 0 Å². The van der Waals surface area contributed by atoms with Gasteiger partial charge in [0.05, 0.1) is 20.1 Å². The summed E-state index contributed by atoms with van der Waals surface area (Å²) in [6.07, 6.45) is 2.22. The van der Waals surface area contributed by atoms with Crippen LogP contribution in [-0.4, -0.2) is 55.3 Å². The number of anilines is 1. The number of nitrogens with zero attached hydrogens (tertiary/aromatic N) is 2. The molecule has 1 heterocycles. The topological polar surface area (TPSA) is 93.9 Å².